The molecule has 0 saturated heterocycles. The molecule has 0 aliphatic rings. The van der Waals surface area contributed by atoms with Crippen LogP contribution in [0.25, 0.3) is 0 Å². The number of ketones is 1. The van der Waals surface area contributed by atoms with Crippen molar-refractivity contribution in [3.63, 3.8) is 0 Å². The van der Waals surface area contributed by atoms with Gasteiger partial charge in [0.05, 0.1) is 5.56 Å². The fraction of sp³-hybridized carbons (Fsp3) is 0.267. The number of aryl methyl sites for hydroxylation is 2. The van der Waals surface area contributed by atoms with Crippen molar-refractivity contribution in [1.29, 1.82) is 0 Å². The molecule has 0 aliphatic heterocycles. The molecule has 2 heteroatoms. The van der Waals surface area contributed by atoms with Crippen LogP contribution in [0, 0.1) is 6.92 Å². The third-order valence-electron chi connectivity index (χ3n) is 2.76. The molecule has 0 amide bonds. The zero-order chi connectivity index (χ0) is 12.1. The predicted molar refractivity (Wildman–Crippen MR) is 67.2 cm³/mol. The summed E-state index contributed by atoms with van der Waals surface area (Å²) < 4.78 is 5.13. The Bertz CT molecular complexity index is 483. The molecule has 1 aromatic carbocycles. The molecule has 0 spiro atoms. The van der Waals surface area contributed by atoms with E-state index in [0.29, 0.717) is 12.0 Å². The Morgan fingerprint density at radius 3 is 2.65 bits per heavy atom. The zero-order valence-electron chi connectivity index (χ0n) is 9.98. The number of Topliss-reactive ketones (excluding diaryl/α,β-unsaturated/α-hetero) is 1. The molecule has 0 bridgehead atoms. The molecule has 2 aromatic rings. The Balaban J connectivity index is 1.81. The fourth-order valence-electron chi connectivity index (χ4n) is 1.83. The molecule has 2 nitrogen and oxygen atoms in total. The molecule has 0 unspecified atom stereocenters. The van der Waals surface area contributed by atoms with Crippen molar-refractivity contribution >= 4 is 5.78 Å². The molecule has 0 radical (unpaired) electrons. The monoisotopic (exact) mass is 228 g/mol. The second kappa shape index (κ2) is 5.48. The van der Waals surface area contributed by atoms with Crippen LogP contribution in [-0.2, 0) is 6.42 Å². The summed E-state index contributed by atoms with van der Waals surface area (Å²) in [4.78, 5) is 11.8. The van der Waals surface area contributed by atoms with E-state index in [1.54, 1.807) is 12.3 Å². The third-order valence-corrected chi connectivity index (χ3v) is 2.76. The summed E-state index contributed by atoms with van der Waals surface area (Å²) in [6.45, 7) is 1.85. The van der Waals surface area contributed by atoms with Gasteiger partial charge in [-0.2, -0.15) is 0 Å². The average Bonchev–Trinajstić information content (AvgIpc) is 2.77. The second-order valence-electron chi connectivity index (χ2n) is 4.21. The average molecular weight is 228 g/mol. The van der Waals surface area contributed by atoms with Gasteiger partial charge in [0.25, 0.3) is 0 Å². The van der Waals surface area contributed by atoms with Crippen molar-refractivity contribution in [3.8, 4) is 0 Å². The summed E-state index contributed by atoms with van der Waals surface area (Å²) >= 11 is 0. The summed E-state index contributed by atoms with van der Waals surface area (Å²) in [5, 5.41) is 0. The van der Waals surface area contributed by atoms with E-state index < -0.39 is 0 Å². The SMILES string of the molecule is Cc1cc(C(=O)CCCc2ccccc2)co1. The van der Waals surface area contributed by atoms with Gasteiger partial charge >= 0.3 is 0 Å². The number of rotatable bonds is 5. The second-order valence-corrected chi connectivity index (χ2v) is 4.21. The van der Waals surface area contributed by atoms with Gasteiger partial charge in [-0.05, 0) is 31.4 Å². The highest BCUT2D eigenvalue weighted by molar-refractivity contribution is 5.95. The zero-order valence-corrected chi connectivity index (χ0v) is 9.98. The van der Waals surface area contributed by atoms with Crippen molar-refractivity contribution in [3.05, 3.63) is 59.5 Å². The first-order valence-electron chi connectivity index (χ1n) is 5.88. The normalized spacial score (nSPS) is 10.4. The lowest BCUT2D eigenvalue weighted by molar-refractivity contribution is 0.0979. The lowest BCUT2D eigenvalue weighted by Crippen LogP contribution is -1.98. The molecule has 1 heterocycles. The van der Waals surface area contributed by atoms with Gasteiger partial charge < -0.3 is 4.42 Å². The first-order valence-corrected chi connectivity index (χ1v) is 5.88. The minimum Gasteiger partial charge on any atom is -0.469 e. The molecular formula is C15H16O2. The quantitative estimate of drug-likeness (QED) is 0.729. The highest BCUT2D eigenvalue weighted by Gasteiger charge is 2.08. The van der Waals surface area contributed by atoms with Gasteiger partial charge in [0.1, 0.15) is 12.0 Å². The molecular weight excluding hydrogens is 212 g/mol. The fourth-order valence-corrected chi connectivity index (χ4v) is 1.83. The van der Waals surface area contributed by atoms with Crippen LogP contribution < -0.4 is 0 Å². The molecule has 0 saturated carbocycles. The van der Waals surface area contributed by atoms with Crippen LogP contribution in [0.1, 0.15) is 34.5 Å². The minimum absolute atomic E-state index is 0.165. The molecule has 0 aliphatic carbocycles. The van der Waals surface area contributed by atoms with Crippen LogP contribution in [0.3, 0.4) is 0 Å². The van der Waals surface area contributed by atoms with Gasteiger partial charge in [0.15, 0.2) is 5.78 Å². The van der Waals surface area contributed by atoms with E-state index >= 15 is 0 Å². The van der Waals surface area contributed by atoms with Gasteiger partial charge in [-0.15, -0.1) is 0 Å². The molecule has 0 atom stereocenters. The Kier molecular flexibility index (Phi) is 3.76. The van der Waals surface area contributed by atoms with Gasteiger partial charge in [0, 0.05) is 6.42 Å². The van der Waals surface area contributed by atoms with Crippen LogP contribution >= 0.6 is 0 Å². The highest BCUT2D eigenvalue weighted by atomic mass is 16.3. The number of benzene rings is 1. The smallest absolute Gasteiger partial charge is 0.166 e. The van der Waals surface area contributed by atoms with Crippen molar-refractivity contribution in [1.82, 2.24) is 0 Å². The van der Waals surface area contributed by atoms with E-state index in [-0.39, 0.29) is 5.78 Å². The number of hydrogen-bond acceptors (Lipinski definition) is 2. The Morgan fingerprint density at radius 2 is 2.00 bits per heavy atom. The number of carbonyl (C=O) groups is 1. The minimum atomic E-state index is 0.165. The maximum absolute atomic E-state index is 11.8. The highest BCUT2D eigenvalue weighted by Crippen LogP contribution is 2.12. The van der Waals surface area contributed by atoms with Gasteiger partial charge in [-0.3, -0.25) is 4.79 Å². The van der Waals surface area contributed by atoms with E-state index in [4.69, 9.17) is 4.42 Å². The molecule has 0 N–H and O–H groups in total. The first kappa shape index (κ1) is 11.6. The van der Waals surface area contributed by atoms with Crippen LogP contribution in [0.15, 0.2) is 47.1 Å². The molecule has 0 fully saturated rings. The maximum Gasteiger partial charge on any atom is 0.166 e. The maximum atomic E-state index is 11.8. The van der Waals surface area contributed by atoms with E-state index in [1.807, 2.05) is 25.1 Å². The summed E-state index contributed by atoms with van der Waals surface area (Å²) in [6.07, 6.45) is 3.95. The Morgan fingerprint density at radius 1 is 1.24 bits per heavy atom. The molecule has 17 heavy (non-hydrogen) atoms. The Labute approximate surface area is 101 Å². The van der Waals surface area contributed by atoms with Crippen molar-refractivity contribution in [2.45, 2.75) is 26.2 Å². The van der Waals surface area contributed by atoms with Crippen molar-refractivity contribution in [2.75, 3.05) is 0 Å². The number of carbonyl (C=O) groups excluding carboxylic acids is 1. The lowest BCUT2D eigenvalue weighted by atomic mass is 10.0. The van der Waals surface area contributed by atoms with E-state index in [1.165, 1.54) is 5.56 Å². The largest absolute Gasteiger partial charge is 0.469 e. The van der Waals surface area contributed by atoms with E-state index in [2.05, 4.69) is 12.1 Å². The van der Waals surface area contributed by atoms with Crippen LogP contribution in [0.4, 0.5) is 0 Å². The standard InChI is InChI=1S/C15H16O2/c1-12-10-14(11-17-12)15(16)9-5-8-13-6-3-2-4-7-13/h2-4,6-7,10-11H,5,8-9H2,1H3. The summed E-state index contributed by atoms with van der Waals surface area (Å²) in [5.74, 6) is 0.953. The number of furan rings is 1. The van der Waals surface area contributed by atoms with Crippen molar-refractivity contribution in [2.24, 2.45) is 0 Å². The number of hydrogen-bond donors (Lipinski definition) is 0. The lowest BCUT2D eigenvalue weighted by Gasteiger charge is -1.99. The van der Waals surface area contributed by atoms with Crippen LogP contribution in [0.5, 0.6) is 0 Å². The van der Waals surface area contributed by atoms with Gasteiger partial charge in [0.2, 0.25) is 0 Å². The van der Waals surface area contributed by atoms with E-state index in [0.717, 1.165) is 18.6 Å². The topological polar surface area (TPSA) is 30.2 Å². The molecule has 88 valence electrons. The molecule has 1 aromatic heterocycles. The van der Waals surface area contributed by atoms with Crippen LogP contribution in [-0.4, -0.2) is 5.78 Å². The summed E-state index contributed by atoms with van der Waals surface area (Å²) in [6, 6.07) is 12.0. The third kappa shape index (κ3) is 3.31. The van der Waals surface area contributed by atoms with Gasteiger partial charge in [-0.1, -0.05) is 30.3 Å². The van der Waals surface area contributed by atoms with Gasteiger partial charge in [-0.25, -0.2) is 0 Å². The van der Waals surface area contributed by atoms with Crippen molar-refractivity contribution < 1.29 is 9.21 Å². The Hall–Kier alpha value is -1.83. The van der Waals surface area contributed by atoms with Crippen LogP contribution in [0.2, 0.25) is 0 Å². The first-order chi connectivity index (χ1) is 8.25. The van der Waals surface area contributed by atoms with E-state index in [9.17, 15) is 4.79 Å². The summed E-state index contributed by atoms with van der Waals surface area (Å²) in [5.41, 5.74) is 1.97. The molecule has 2 rings (SSSR count). The predicted octanol–water partition coefficient (Wildman–Crippen LogP) is 3.79. The summed E-state index contributed by atoms with van der Waals surface area (Å²) in [7, 11) is 0.